The molecule has 1 aromatic rings. The number of nitrogens with one attached hydrogen (secondary N) is 1. The summed E-state index contributed by atoms with van der Waals surface area (Å²) in [7, 11) is 0. The molecule has 1 N–H and O–H groups in total. The van der Waals surface area contributed by atoms with Crippen molar-refractivity contribution in [1.29, 1.82) is 0 Å². The third-order valence-electron chi connectivity index (χ3n) is 2.62. The van der Waals surface area contributed by atoms with Crippen LogP contribution in [0.3, 0.4) is 0 Å². The van der Waals surface area contributed by atoms with E-state index >= 15 is 0 Å². The molecular formula is C15H26N2S. The lowest BCUT2D eigenvalue weighted by Gasteiger charge is -2.08. The number of thioether (sulfide) groups is 1. The van der Waals surface area contributed by atoms with Crippen LogP contribution in [0.25, 0.3) is 0 Å². The van der Waals surface area contributed by atoms with Crippen LogP contribution < -0.4 is 5.32 Å². The van der Waals surface area contributed by atoms with E-state index < -0.39 is 0 Å². The average molecular weight is 266 g/mol. The molecule has 1 rings (SSSR count). The zero-order valence-electron chi connectivity index (χ0n) is 12.1. The molecule has 18 heavy (non-hydrogen) atoms. The largest absolute Gasteiger partial charge is 0.312 e. The Morgan fingerprint density at radius 3 is 2.50 bits per heavy atom. The molecule has 0 aliphatic rings. The molecule has 1 heterocycles. The summed E-state index contributed by atoms with van der Waals surface area (Å²) in [6, 6.07) is 4.31. The van der Waals surface area contributed by atoms with Gasteiger partial charge < -0.3 is 5.32 Å². The quantitative estimate of drug-likeness (QED) is 0.721. The monoisotopic (exact) mass is 266 g/mol. The maximum Gasteiger partial charge on any atom is 0.0960 e. The summed E-state index contributed by atoms with van der Waals surface area (Å²) >= 11 is 1.85. The smallest absolute Gasteiger partial charge is 0.0960 e. The van der Waals surface area contributed by atoms with Gasteiger partial charge in [0, 0.05) is 12.7 Å². The van der Waals surface area contributed by atoms with Crippen molar-refractivity contribution in [2.24, 2.45) is 11.8 Å². The van der Waals surface area contributed by atoms with Gasteiger partial charge in [-0.3, -0.25) is 0 Å². The van der Waals surface area contributed by atoms with Crippen LogP contribution in [0.4, 0.5) is 0 Å². The van der Waals surface area contributed by atoms with Crippen molar-refractivity contribution in [3.8, 4) is 0 Å². The van der Waals surface area contributed by atoms with Crippen molar-refractivity contribution < 1.29 is 0 Å². The highest BCUT2D eigenvalue weighted by atomic mass is 32.2. The van der Waals surface area contributed by atoms with Gasteiger partial charge >= 0.3 is 0 Å². The van der Waals surface area contributed by atoms with Gasteiger partial charge in [-0.1, -0.05) is 33.8 Å². The van der Waals surface area contributed by atoms with Gasteiger partial charge in [-0.15, -0.1) is 11.8 Å². The average Bonchev–Trinajstić information content (AvgIpc) is 2.30. The molecule has 1 aromatic heterocycles. The molecule has 3 heteroatoms. The Labute approximate surface area is 116 Å². The molecular weight excluding hydrogens is 240 g/mol. The predicted octanol–water partition coefficient (Wildman–Crippen LogP) is 3.97. The molecule has 0 aromatic carbocycles. The van der Waals surface area contributed by atoms with Crippen LogP contribution in [0.5, 0.6) is 0 Å². The molecule has 0 saturated carbocycles. The third kappa shape index (κ3) is 7.02. The molecule has 0 aliphatic heterocycles. The molecule has 0 amide bonds. The van der Waals surface area contributed by atoms with Gasteiger partial charge in [0.25, 0.3) is 0 Å². The van der Waals surface area contributed by atoms with Gasteiger partial charge in [-0.25, -0.2) is 4.98 Å². The fourth-order valence-corrected chi connectivity index (χ4v) is 2.60. The molecule has 0 spiro atoms. The van der Waals surface area contributed by atoms with E-state index in [-0.39, 0.29) is 0 Å². The van der Waals surface area contributed by atoms with Crippen molar-refractivity contribution >= 4 is 11.8 Å². The summed E-state index contributed by atoms with van der Waals surface area (Å²) < 4.78 is 0. The number of pyridine rings is 1. The maximum absolute atomic E-state index is 4.50. The van der Waals surface area contributed by atoms with Crippen molar-refractivity contribution in [2.45, 2.75) is 45.7 Å². The lowest BCUT2D eigenvalue weighted by Crippen LogP contribution is -2.18. The second-order valence-corrected chi connectivity index (χ2v) is 6.68. The minimum Gasteiger partial charge on any atom is -0.312 e. The van der Waals surface area contributed by atoms with Gasteiger partial charge in [-0.2, -0.15) is 0 Å². The number of nitrogens with zero attached hydrogens (tertiary/aromatic N) is 1. The summed E-state index contributed by atoms with van der Waals surface area (Å²) in [5.41, 5.74) is 1.27. The van der Waals surface area contributed by atoms with E-state index in [9.17, 15) is 0 Å². The van der Waals surface area contributed by atoms with Gasteiger partial charge in [0.1, 0.15) is 0 Å². The predicted molar refractivity (Wildman–Crippen MR) is 81.0 cm³/mol. The van der Waals surface area contributed by atoms with Crippen molar-refractivity contribution in [1.82, 2.24) is 10.3 Å². The maximum atomic E-state index is 4.50. The Hall–Kier alpha value is -0.540. The van der Waals surface area contributed by atoms with Gasteiger partial charge in [0.2, 0.25) is 0 Å². The fourth-order valence-electron chi connectivity index (χ4n) is 1.51. The Morgan fingerprint density at radius 1 is 1.17 bits per heavy atom. The molecule has 0 saturated heterocycles. The molecule has 0 bridgehead atoms. The van der Waals surface area contributed by atoms with Gasteiger partial charge in [-0.05, 0) is 42.2 Å². The SMILES string of the molecule is CC(C)CCSc1ccc(CNCC(C)C)cn1. The standard InChI is InChI=1S/C15H26N2S/c1-12(2)7-8-18-15-6-5-14(11-17-15)10-16-9-13(3)4/h5-6,11-13,16H,7-10H2,1-4H3. The van der Waals surface area contributed by atoms with E-state index in [1.165, 1.54) is 12.0 Å². The molecule has 0 unspecified atom stereocenters. The van der Waals surface area contributed by atoms with Gasteiger partial charge in [0.15, 0.2) is 0 Å². The highest BCUT2D eigenvalue weighted by molar-refractivity contribution is 7.99. The van der Waals surface area contributed by atoms with E-state index in [2.05, 4.69) is 50.1 Å². The summed E-state index contributed by atoms with van der Waals surface area (Å²) in [5.74, 6) is 2.64. The van der Waals surface area contributed by atoms with Crippen LogP contribution in [0.1, 0.15) is 39.7 Å². The Kier molecular flexibility index (Phi) is 7.36. The van der Waals surface area contributed by atoms with Crippen LogP contribution in [-0.4, -0.2) is 17.3 Å². The first-order chi connectivity index (χ1) is 8.58. The van der Waals surface area contributed by atoms with E-state index in [1.54, 1.807) is 0 Å². The fraction of sp³-hybridized carbons (Fsp3) is 0.667. The zero-order valence-corrected chi connectivity index (χ0v) is 12.9. The summed E-state index contributed by atoms with van der Waals surface area (Å²) in [6.07, 6.45) is 3.25. The van der Waals surface area contributed by atoms with Crippen molar-refractivity contribution in [2.75, 3.05) is 12.3 Å². The van der Waals surface area contributed by atoms with Crippen molar-refractivity contribution in [3.63, 3.8) is 0 Å². The summed E-state index contributed by atoms with van der Waals surface area (Å²) in [4.78, 5) is 4.50. The van der Waals surface area contributed by atoms with Crippen LogP contribution >= 0.6 is 11.8 Å². The normalized spacial score (nSPS) is 11.4. The van der Waals surface area contributed by atoms with Crippen LogP contribution in [0.15, 0.2) is 23.4 Å². The van der Waals surface area contributed by atoms with E-state index in [0.29, 0.717) is 5.92 Å². The topological polar surface area (TPSA) is 24.9 Å². The molecule has 0 atom stereocenters. The van der Waals surface area contributed by atoms with E-state index in [0.717, 1.165) is 29.8 Å². The molecule has 2 nitrogen and oxygen atoms in total. The Bertz CT molecular complexity index is 287. The van der Waals surface area contributed by atoms with Crippen LogP contribution in [0.2, 0.25) is 0 Å². The first kappa shape index (κ1) is 15.5. The Morgan fingerprint density at radius 2 is 1.94 bits per heavy atom. The molecule has 102 valence electrons. The van der Waals surface area contributed by atoms with Gasteiger partial charge in [0.05, 0.1) is 5.03 Å². The van der Waals surface area contributed by atoms with Crippen LogP contribution in [-0.2, 0) is 6.54 Å². The lowest BCUT2D eigenvalue weighted by atomic mass is 10.2. The number of hydrogen-bond acceptors (Lipinski definition) is 3. The first-order valence-corrected chi connectivity index (χ1v) is 7.85. The second kappa shape index (κ2) is 8.54. The van der Waals surface area contributed by atoms with E-state index in [1.807, 2.05) is 18.0 Å². The molecule has 0 radical (unpaired) electrons. The highest BCUT2D eigenvalue weighted by Gasteiger charge is 1.99. The second-order valence-electron chi connectivity index (χ2n) is 5.56. The van der Waals surface area contributed by atoms with E-state index in [4.69, 9.17) is 0 Å². The number of aromatic nitrogens is 1. The molecule has 0 aliphatic carbocycles. The summed E-state index contributed by atoms with van der Waals surface area (Å²) in [5, 5.41) is 4.57. The molecule has 0 fully saturated rings. The third-order valence-corrected chi connectivity index (χ3v) is 3.60. The lowest BCUT2D eigenvalue weighted by molar-refractivity contribution is 0.551. The first-order valence-electron chi connectivity index (χ1n) is 6.86. The highest BCUT2D eigenvalue weighted by Crippen LogP contribution is 2.18. The summed E-state index contributed by atoms with van der Waals surface area (Å²) in [6.45, 7) is 10.9. The number of rotatable bonds is 8. The van der Waals surface area contributed by atoms with Crippen molar-refractivity contribution in [3.05, 3.63) is 23.9 Å². The Balaban J connectivity index is 2.28. The van der Waals surface area contributed by atoms with Crippen LogP contribution in [0, 0.1) is 11.8 Å². The number of hydrogen-bond donors (Lipinski definition) is 1. The minimum absolute atomic E-state index is 0.698. The zero-order chi connectivity index (χ0) is 13.4. The minimum atomic E-state index is 0.698.